The number of hydrogen-bond acceptors (Lipinski definition) is 4. The first-order valence-corrected chi connectivity index (χ1v) is 9.50. The molecule has 0 aliphatic carbocycles. The fraction of sp³-hybridized carbons (Fsp3) is 0. The minimum Gasteiger partial charge on any atom is -0.324 e. The summed E-state index contributed by atoms with van der Waals surface area (Å²) < 4.78 is 0. The molecule has 3 aromatic heterocycles. The first-order chi connectivity index (χ1) is 14.8. The van der Waals surface area contributed by atoms with Gasteiger partial charge >= 0.3 is 0 Å². The molecule has 6 heteroatoms. The Morgan fingerprint density at radius 3 is 2.50 bits per heavy atom. The molecule has 0 aliphatic rings. The number of fused-ring (bicyclic) bond motifs is 1. The first kappa shape index (κ1) is 17.8. The average molecular weight is 391 g/mol. The van der Waals surface area contributed by atoms with Crippen molar-refractivity contribution in [3.05, 3.63) is 97.0 Å². The van der Waals surface area contributed by atoms with Gasteiger partial charge in [0.2, 0.25) is 5.95 Å². The Morgan fingerprint density at radius 1 is 0.867 bits per heavy atom. The lowest BCUT2D eigenvalue weighted by Gasteiger charge is -2.09. The minimum absolute atomic E-state index is 0.252. The van der Waals surface area contributed by atoms with Crippen molar-refractivity contribution in [3.8, 4) is 22.5 Å². The molecule has 1 amide bonds. The predicted molar refractivity (Wildman–Crippen MR) is 117 cm³/mol. The van der Waals surface area contributed by atoms with Crippen LogP contribution in [0, 0.1) is 0 Å². The van der Waals surface area contributed by atoms with Gasteiger partial charge in [-0.25, -0.2) is 9.97 Å². The third kappa shape index (κ3) is 3.42. The highest BCUT2D eigenvalue weighted by atomic mass is 16.1. The second-order valence-electron chi connectivity index (χ2n) is 6.78. The third-order valence-electron chi connectivity index (χ3n) is 4.81. The molecular formula is C24H17N5O. The van der Waals surface area contributed by atoms with Crippen molar-refractivity contribution in [1.82, 2.24) is 19.9 Å². The molecule has 3 heterocycles. The fourth-order valence-corrected chi connectivity index (χ4v) is 3.35. The SMILES string of the molecule is O=C(Nc1ncc(-c2cccnc2)[nH]1)c1cc(-c2ccccc2)nc2ccccc12. The fourth-order valence-electron chi connectivity index (χ4n) is 3.35. The van der Waals surface area contributed by atoms with Crippen molar-refractivity contribution in [3.63, 3.8) is 0 Å². The van der Waals surface area contributed by atoms with Gasteiger partial charge in [0.25, 0.3) is 5.91 Å². The molecule has 30 heavy (non-hydrogen) atoms. The van der Waals surface area contributed by atoms with Crippen LogP contribution in [0.2, 0.25) is 0 Å². The van der Waals surface area contributed by atoms with Crippen LogP contribution in [0.25, 0.3) is 33.4 Å². The number of aromatic nitrogens is 4. The Bertz CT molecular complexity index is 1330. The van der Waals surface area contributed by atoms with E-state index in [1.165, 1.54) is 0 Å². The van der Waals surface area contributed by atoms with Crippen molar-refractivity contribution >= 4 is 22.8 Å². The lowest BCUT2D eigenvalue weighted by Crippen LogP contribution is -2.14. The summed E-state index contributed by atoms with van der Waals surface area (Å²) in [6.45, 7) is 0. The number of H-pyrrole nitrogens is 1. The summed E-state index contributed by atoms with van der Waals surface area (Å²) in [7, 11) is 0. The molecule has 0 atom stereocenters. The van der Waals surface area contributed by atoms with E-state index in [1.54, 1.807) is 18.6 Å². The van der Waals surface area contributed by atoms with Crippen molar-refractivity contribution in [2.24, 2.45) is 0 Å². The van der Waals surface area contributed by atoms with Crippen LogP contribution in [0.15, 0.2) is 91.4 Å². The zero-order valence-corrected chi connectivity index (χ0v) is 15.9. The molecule has 2 N–H and O–H groups in total. The molecule has 5 aromatic rings. The van der Waals surface area contributed by atoms with E-state index in [9.17, 15) is 4.79 Å². The standard InChI is InChI=1S/C24H17N5O/c30-23(29-24-26-15-22(28-24)17-9-6-12-25-14-17)19-13-21(16-7-2-1-3-8-16)27-20-11-5-4-10-18(19)20/h1-15H,(H2,26,28,29,30). The minimum atomic E-state index is -0.252. The van der Waals surface area contributed by atoms with E-state index in [1.807, 2.05) is 72.8 Å². The Morgan fingerprint density at radius 2 is 1.67 bits per heavy atom. The summed E-state index contributed by atoms with van der Waals surface area (Å²) in [6, 6.07) is 23.0. The lowest BCUT2D eigenvalue weighted by atomic mass is 10.0. The van der Waals surface area contributed by atoms with Crippen LogP contribution in [-0.2, 0) is 0 Å². The van der Waals surface area contributed by atoms with Crippen molar-refractivity contribution in [2.75, 3.05) is 5.32 Å². The normalized spacial score (nSPS) is 10.8. The molecule has 0 aliphatic heterocycles. The molecule has 0 saturated heterocycles. The van der Waals surface area contributed by atoms with Crippen molar-refractivity contribution in [2.45, 2.75) is 0 Å². The van der Waals surface area contributed by atoms with E-state index in [2.05, 4.69) is 20.3 Å². The van der Waals surface area contributed by atoms with E-state index in [0.29, 0.717) is 11.5 Å². The maximum atomic E-state index is 13.1. The molecule has 0 saturated carbocycles. The second-order valence-corrected chi connectivity index (χ2v) is 6.78. The van der Waals surface area contributed by atoms with E-state index in [4.69, 9.17) is 4.98 Å². The zero-order valence-electron chi connectivity index (χ0n) is 15.9. The van der Waals surface area contributed by atoms with Crippen LogP contribution in [0.3, 0.4) is 0 Å². The quantitative estimate of drug-likeness (QED) is 0.455. The Balaban J connectivity index is 1.51. The van der Waals surface area contributed by atoms with Crippen molar-refractivity contribution in [1.29, 1.82) is 0 Å². The number of nitrogens with one attached hydrogen (secondary N) is 2. The molecule has 5 rings (SSSR count). The number of benzene rings is 2. The molecule has 0 bridgehead atoms. The number of rotatable bonds is 4. The molecule has 0 unspecified atom stereocenters. The number of nitrogens with zero attached hydrogens (tertiary/aromatic N) is 3. The van der Waals surface area contributed by atoms with Gasteiger partial charge in [0.1, 0.15) is 0 Å². The Labute approximate surface area is 172 Å². The number of pyridine rings is 2. The topological polar surface area (TPSA) is 83.6 Å². The summed E-state index contributed by atoms with van der Waals surface area (Å²) in [5.41, 5.74) is 4.68. The Kier molecular flexibility index (Phi) is 4.50. The number of carbonyl (C=O) groups is 1. The highest BCUT2D eigenvalue weighted by Crippen LogP contribution is 2.25. The molecule has 2 aromatic carbocycles. The zero-order chi connectivity index (χ0) is 20.3. The summed E-state index contributed by atoms with van der Waals surface area (Å²) >= 11 is 0. The van der Waals surface area contributed by atoms with Crippen LogP contribution in [0.5, 0.6) is 0 Å². The number of imidazole rings is 1. The second kappa shape index (κ2) is 7.60. The molecule has 6 nitrogen and oxygen atoms in total. The van der Waals surface area contributed by atoms with Gasteiger partial charge < -0.3 is 4.98 Å². The van der Waals surface area contributed by atoms with Crippen LogP contribution >= 0.6 is 0 Å². The Hall–Kier alpha value is -4.32. The number of amides is 1. The number of aromatic amines is 1. The van der Waals surface area contributed by atoms with Gasteiger partial charge in [-0.3, -0.25) is 15.1 Å². The number of carbonyl (C=O) groups excluding carboxylic acids is 1. The maximum Gasteiger partial charge on any atom is 0.258 e. The molecule has 0 fully saturated rings. The van der Waals surface area contributed by atoms with Gasteiger partial charge in [0.15, 0.2) is 0 Å². The molecule has 0 radical (unpaired) electrons. The van der Waals surface area contributed by atoms with Gasteiger partial charge in [-0.2, -0.15) is 0 Å². The van der Waals surface area contributed by atoms with Gasteiger partial charge in [0.05, 0.1) is 28.7 Å². The van der Waals surface area contributed by atoms with Gasteiger partial charge in [0, 0.05) is 28.9 Å². The first-order valence-electron chi connectivity index (χ1n) is 9.50. The lowest BCUT2D eigenvalue weighted by molar-refractivity contribution is 0.102. The molecule has 0 spiro atoms. The maximum absolute atomic E-state index is 13.1. The summed E-state index contributed by atoms with van der Waals surface area (Å²) in [5.74, 6) is 0.124. The summed E-state index contributed by atoms with van der Waals surface area (Å²) in [5, 5.41) is 3.65. The van der Waals surface area contributed by atoms with E-state index < -0.39 is 0 Å². The highest BCUT2D eigenvalue weighted by Gasteiger charge is 2.15. The molecular weight excluding hydrogens is 374 g/mol. The van der Waals surface area contributed by atoms with Crippen LogP contribution in [0.4, 0.5) is 5.95 Å². The number of anilines is 1. The highest BCUT2D eigenvalue weighted by molar-refractivity contribution is 6.12. The summed E-state index contributed by atoms with van der Waals surface area (Å²) in [4.78, 5) is 29.4. The van der Waals surface area contributed by atoms with Crippen LogP contribution in [0.1, 0.15) is 10.4 Å². The largest absolute Gasteiger partial charge is 0.324 e. The van der Waals surface area contributed by atoms with Gasteiger partial charge in [-0.1, -0.05) is 48.5 Å². The molecule has 144 valence electrons. The van der Waals surface area contributed by atoms with E-state index in [0.717, 1.165) is 33.4 Å². The van der Waals surface area contributed by atoms with Gasteiger partial charge in [-0.15, -0.1) is 0 Å². The number of para-hydroxylation sites is 1. The number of hydrogen-bond donors (Lipinski definition) is 2. The third-order valence-corrected chi connectivity index (χ3v) is 4.81. The smallest absolute Gasteiger partial charge is 0.258 e. The average Bonchev–Trinajstić information content (AvgIpc) is 3.28. The van der Waals surface area contributed by atoms with Crippen molar-refractivity contribution < 1.29 is 4.79 Å². The van der Waals surface area contributed by atoms with Crippen LogP contribution < -0.4 is 5.32 Å². The monoisotopic (exact) mass is 391 g/mol. The van der Waals surface area contributed by atoms with Crippen LogP contribution in [-0.4, -0.2) is 25.8 Å². The predicted octanol–water partition coefficient (Wildman–Crippen LogP) is 4.94. The van der Waals surface area contributed by atoms with E-state index >= 15 is 0 Å². The summed E-state index contributed by atoms with van der Waals surface area (Å²) in [6.07, 6.45) is 5.12. The van der Waals surface area contributed by atoms with E-state index in [-0.39, 0.29) is 5.91 Å². The van der Waals surface area contributed by atoms with Gasteiger partial charge in [-0.05, 0) is 24.3 Å².